The van der Waals surface area contributed by atoms with E-state index in [1.165, 1.54) is 19.0 Å². The van der Waals surface area contributed by atoms with Gasteiger partial charge in [-0.25, -0.2) is 4.31 Å². The number of rotatable bonds is 12. The molecule has 0 aliphatic carbocycles. The third-order valence-electron chi connectivity index (χ3n) is 6.02. The zero-order valence-corrected chi connectivity index (χ0v) is 24.4. The van der Waals surface area contributed by atoms with Crippen molar-refractivity contribution in [2.24, 2.45) is 5.92 Å². The second kappa shape index (κ2) is 13.3. The van der Waals surface area contributed by atoms with Crippen molar-refractivity contribution in [2.45, 2.75) is 53.6 Å². The van der Waals surface area contributed by atoms with Crippen molar-refractivity contribution < 1.29 is 18.0 Å². The Balaban J connectivity index is 2.55. The third kappa shape index (κ3) is 7.93. The average Bonchev–Trinajstić information content (AvgIpc) is 2.83. The lowest BCUT2D eigenvalue weighted by Crippen LogP contribution is -2.53. The first-order valence-electron chi connectivity index (χ1n) is 12.4. The van der Waals surface area contributed by atoms with Gasteiger partial charge in [-0.05, 0) is 55.0 Å². The molecular formula is C27H39ClN4O4S. The van der Waals surface area contributed by atoms with Crippen LogP contribution in [0, 0.1) is 19.8 Å². The van der Waals surface area contributed by atoms with Crippen LogP contribution in [0.15, 0.2) is 42.5 Å². The standard InChI is InChI=1S/C27H39ClN4O4S/c1-8-24(27(34)29-16-19(2)3)31(17-22-11-9-10-12-23(22)28)26(33)18-32(37(35,36)30(6)7)25-15-20(4)13-14-21(25)5/h9-15,19,24H,8,16-18H2,1-7H3,(H,29,34)/t24-/m0/s1. The zero-order chi connectivity index (χ0) is 27.9. The van der Waals surface area contributed by atoms with Gasteiger partial charge in [-0.1, -0.05) is 62.7 Å². The highest BCUT2D eigenvalue weighted by molar-refractivity contribution is 7.90. The number of hydrogen-bond donors (Lipinski definition) is 1. The van der Waals surface area contributed by atoms with E-state index in [1.807, 2.05) is 45.9 Å². The van der Waals surface area contributed by atoms with E-state index in [4.69, 9.17) is 11.6 Å². The Labute approximate surface area is 226 Å². The smallest absolute Gasteiger partial charge is 0.304 e. The SMILES string of the molecule is CC[C@@H](C(=O)NCC(C)C)N(Cc1ccccc1Cl)C(=O)CN(c1cc(C)ccc1C)S(=O)(=O)N(C)C. The molecule has 0 saturated carbocycles. The predicted molar refractivity (Wildman–Crippen MR) is 150 cm³/mol. The number of nitrogens with zero attached hydrogens (tertiary/aromatic N) is 3. The average molecular weight is 551 g/mol. The van der Waals surface area contributed by atoms with Gasteiger partial charge < -0.3 is 10.2 Å². The number of hydrogen-bond acceptors (Lipinski definition) is 4. The van der Waals surface area contributed by atoms with Crippen molar-refractivity contribution in [2.75, 3.05) is 31.5 Å². The molecule has 0 fully saturated rings. The number of carbonyl (C=O) groups excluding carboxylic acids is 2. The second-order valence-corrected chi connectivity index (χ2v) is 12.2. The van der Waals surface area contributed by atoms with E-state index in [0.717, 1.165) is 14.2 Å². The van der Waals surface area contributed by atoms with E-state index in [-0.39, 0.29) is 18.4 Å². The molecule has 2 aromatic carbocycles. The molecule has 0 saturated heterocycles. The van der Waals surface area contributed by atoms with Gasteiger partial charge in [0.2, 0.25) is 11.8 Å². The molecule has 0 unspecified atom stereocenters. The topological polar surface area (TPSA) is 90.0 Å². The molecular weight excluding hydrogens is 512 g/mol. The lowest BCUT2D eigenvalue weighted by atomic mass is 10.1. The lowest BCUT2D eigenvalue weighted by molar-refractivity contribution is -0.140. The Hall–Kier alpha value is -2.62. The largest absolute Gasteiger partial charge is 0.354 e. The van der Waals surface area contributed by atoms with Crippen LogP contribution in [-0.4, -0.2) is 62.7 Å². The normalized spacial score (nSPS) is 12.5. The van der Waals surface area contributed by atoms with Gasteiger partial charge in [-0.3, -0.25) is 9.59 Å². The van der Waals surface area contributed by atoms with Crippen molar-refractivity contribution in [3.05, 3.63) is 64.2 Å². The highest BCUT2D eigenvalue weighted by Gasteiger charge is 2.34. The van der Waals surface area contributed by atoms with E-state index >= 15 is 0 Å². The molecule has 0 aliphatic rings. The molecule has 2 amide bonds. The summed E-state index contributed by atoms with van der Waals surface area (Å²) in [5, 5.41) is 3.38. The molecule has 2 aromatic rings. The van der Waals surface area contributed by atoms with Crippen molar-refractivity contribution in [1.82, 2.24) is 14.5 Å². The number of anilines is 1. The van der Waals surface area contributed by atoms with Gasteiger partial charge in [0.05, 0.1) is 5.69 Å². The van der Waals surface area contributed by atoms with E-state index in [1.54, 1.807) is 31.2 Å². The van der Waals surface area contributed by atoms with Crippen molar-refractivity contribution in [3.63, 3.8) is 0 Å². The molecule has 1 N–H and O–H groups in total. The predicted octanol–water partition coefficient (Wildman–Crippen LogP) is 4.15. The van der Waals surface area contributed by atoms with E-state index in [2.05, 4.69) is 5.32 Å². The quantitative estimate of drug-likeness (QED) is 0.430. The van der Waals surface area contributed by atoms with Gasteiger partial charge in [0, 0.05) is 32.2 Å². The molecule has 2 rings (SSSR count). The summed E-state index contributed by atoms with van der Waals surface area (Å²) in [7, 11) is -1.17. The summed E-state index contributed by atoms with van der Waals surface area (Å²) < 4.78 is 29.0. The van der Waals surface area contributed by atoms with Crippen LogP contribution in [0.3, 0.4) is 0 Å². The molecule has 10 heteroatoms. The molecule has 37 heavy (non-hydrogen) atoms. The second-order valence-electron chi connectivity index (χ2n) is 9.76. The number of amides is 2. The molecule has 0 spiro atoms. The number of carbonyl (C=O) groups is 2. The highest BCUT2D eigenvalue weighted by Crippen LogP contribution is 2.26. The minimum absolute atomic E-state index is 0.0642. The van der Waals surface area contributed by atoms with Gasteiger partial charge in [0.25, 0.3) is 0 Å². The minimum atomic E-state index is -4.02. The summed E-state index contributed by atoms with van der Waals surface area (Å²) in [5.74, 6) is -0.553. The van der Waals surface area contributed by atoms with Gasteiger partial charge in [-0.15, -0.1) is 0 Å². The summed E-state index contributed by atoms with van der Waals surface area (Å²) in [4.78, 5) is 28.5. The fourth-order valence-electron chi connectivity index (χ4n) is 3.84. The van der Waals surface area contributed by atoms with Crippen molar-refractivity contribution >= 4 is 39.3 Å². The molecule has 204 valence electrons. The van der Waals surface area contributed by atoms with Crippen LogP contribution in [0.25, 0.3) is 0 Å². The summed E-state index contributed by atoms with van der Waals surface area (Å²) in [5.41, 5.74) is 2.65. The monoisotopic (exact) mass is 550 g/mol. The maximum atomic E-state index is 13.9. The van der Waals surface area contributed by atoms with Crippen LogP contribution < -0.4 is 9.62 Å². The first-order chi connectivity index (χ1) is 17.3. The molecule has 1 atom stereocenters. The molecule has 0 heterocycles. The van der Waals surface area contributed by atoms with Crippen LogP contribution >= 0.6 is 11.6 Å². The molecule has 0 aromatic heterocycles. The van der Waals surface area contributed by atoms with Crippen molar-refractivity contribution in [3.8, 4) is 0 Å². The summed E-state index contributed by atoms with van der Waals surface area (Å²) in [6.07, 6.45) is 0.351. The Morgan fingerprint density at radius 1 is 1.05 bits per heavy atom. The minimum Gasteiger partial charge on any atom is -0.354 e. The van der Waals surface area contributed by atoms with Gasteiger partial charge >= 0.3 is 10.2 Å². The van der Waals surface area contributed by atoms with Crippen molar-refractivity contribution in [1.29, 1.82) is 0 Å². The first kappa shape index (κ1) is 30.6. The fraction of sp³-hybridized carbons (Fsp3) is 0.481. The zero-order valence-electron chi connectivity index (χ0n) is 22.8. The fourth-order valence-corrected chi connectivity index (χ4v) is 5.15. The van der Waals surface area contributed by atoms with Gasteiger partial charge in [0.1, 0.15) is 12.6 Å². The van der Waals surface area contributed by atoms with E-state index < -0.39 is 28.7 Å². The number of aryl methyl sites for hydroxylation is 2. The third-order valence-corrected chi connectivity index (χ3v) is 8.20. The van der Waals surface area contributed by atoms with Crippen LogP contribution in [0.4, 0.5) is 5.69 Å². The Bertz CT molecular complexity index is 1200. The van der Waals surface area contributed by atoms with Gasteiger partial charge in [0.15, 0.2) is 0 Å². The van der Waals surface area contributed by atoms with Crippen LogP contribution in [-0.2, 0) is 26.3 Å². The van der Waals surface area contributed by atoms with Gasteiger partial charge in [-0.2, -0.15) is 12.7 Å². The molecule has 0 aliphatic heterocycles. The molecule has 0 bridgehead atoms. The van der Waals surface area contributed by atoms with E-state index in [9.17, 15) is 18.0 Å². The number of benzene rings is 2. The Kier molecular flexibility index (Phi) is 11.0. The van der Waals surface area contributed by atoms with Crippen LogP contribution in [0.5, 0.6) is 0 Å². The molecule has 0 radical (unpaired) electrons. The molecule has 8 nitrogen and oxygen atoms in total. The maximum Gasteiger partial charge on any atom is 0.304 e. The Morgan fingerprint density at radius 3 is 2.27 bits per heavy atom. The summed E-state index contributed by atoms with van der Waals surface area (Å²) in [6.45, 7) is 9.52. The lowest BCUT2D eigenvalue weighted by Gasteiger charge is -2.34. The first-order valence-corrected chi connectivity index (χ1v) is 14.1. The number of nitrogens with one attached hydrogen (secondary N) is 1. The Morgan fingerprint density at radius 2 is 1.70 bits per heavy atom. The number of halogens is 1. The van der Waals surface area contributed by atoms with E-state index in [0.29, 0.717) is 34.8 Å². The highest BCUT2D eigenvalue weighted by atomic mass is 35.5. The van der Waals surface area contributed by atoms with Crippen LogP contribution in [0.1, 0.15) is 43.9 Å². The maximum absolute atomic E-state index is 13.9. The summed E-state index contributed by atoms with van der Waals surface area (Å²) >= 11 is 6.41. The van der Waals surface area contributed by atoms with Crippen LogP contribution in [0.2, 0.25) is 5.02 Å². The summed E-state index contributed by atoms with van der Waals surface area (Å²) in [6, 6.07) is 11.8.